The average Bonchev–Trinajstić information content (AvgIpc) is 2.91. The third-order valence-corrected chi connectivity index (χ3v) is 5.19. The number of aliphatic imine (C=N–C) groups is 2. The lowest BCUT2D eigenvalue weighted by atomic mass is 10.2. The van der Waals surface area contributed by atoms with Crippen molar-refractivity contribution in [3.05, 3.63) is 120 Å². The third-order valence-electron chi connectivity index (χ3n) is 5.19. The van der Waals surface area contributed by atoms with E-state index in [4.69, 9.17) is 31.4 Å². The summed E-state index contributed by atoms with van der Waals surface area (Å²) in [6, 6.07) is 32.9. The first-order valence-electron chi connectivity index (χ1n) is 11.7. The van der Waals surface area contributed by atoms with Gasteiger partial charge in [-0.3, -0.25) is 0 Å². The molecule has 0 heterocycles. The van der Waals surface area contributed by atoms with E-state index in [1.807, 2.05) is 91.0 Å². The standard InChI is InChI=1S/C29H29N5O3/c30-28(31)34-29(32)33-24-16-25(35-18-21-10-4-1-5-11-21)27(37-20-23-14-8-3-9-15-23)26(17-24)36-19-22-12-6-2-7-13-22/h1-17H,18-20H2,(H6,30,31,32,33,34). The monoisotopic (exact) mass is 495 g/mol. The molecule has 0 unspecified atom stereocenters. The summed E-state index contributed by atoms with van der Waals surface area (Å²) in [5.74, 6) is 1.06. The van der Waals surface area contributed by atoms with E-state index >= 15 is 0 Å². The summed E-state index contributed by atoms with van der Waals surface area (Å²) in [7, 11) is 0. The lowest BCUT2D eigenvalue weighted by Gasteiger charge is -2.18. The van der Waals surface area contributed by atoms with Gasteiger partial charge < -0.3 is 31.4 Å². The van der Waals surface area contributed by atoms with Gasteiger partial charge in [-0.15, -0.1) is 0 Å². The minimum Gasteiger partial charge on any atom is -0.485 e. The van der Waals surface area contributed by atoms with Crippen molar-refractivity contribution < 1.29 is 14.2 Å². The van der Waals surface area contributed by atoms with Crippen LogP contribution >= 0.6 is 0 Å². The highest BCUT2D eigenvalue weighted by atomic mass is 16.5. The van der Waals surface area contributed by atoms with E-state index in [0.29, 0.717) is 42.8 Å². The van der Waals surface area contributed by atoms with Crippen LogP contribution in [0.3, 0.4) is 0 Å². The smallest absolute Gasteiger partial charge is 0.223 e. The highest BCUT2D eigenvalue weighted by Gasteiger charge is 2.17. The van der Waals surface area contributed by atoms with E-state index in [-0.39, 0.29) is 11.9 Å². The zero-order valence-corrected chi connectivity index (χ0v) is 20.3. The van der Waals surface area contributed by atoms with Crippen molar-refractivity contribution in [1.29, 1.82) is 0 Å². The normalized spacial score (nSPS) is 11.0. The summed E-state index contributed by atoms with van der Waals surface area (Å²) in [5, 5.41) is 0. The fourth-order valence-electron chi connectivity index (χ4n) is 3.47. The summed E-state index contributed by atoms with van der Waals surface area (Å²) in [6.45, 7) is 0.956. The Morgan fingerprint density at radius 2 is 0.973 bits per heavy atom. The Kier molecular flexibility index (Phi) is 8.59. The molecule has 0 atom stereocenters. The molecule has 4 aromatic carbocycles. The first kappa shape index (κ1) is 25.1. The first-order valence-corrected chi connectivity index (χ1v) is 11.7. The summed E-state index contributed by atoms with van der Waals surface area (Å²) in [6.07, 6.45) is 0. The molecule has 188 valence electrons. The van der Waals surface area contributed by atoms with Crippen molar-refractivity contribution in [3.63, 3.8) is 0 Å². The van der Waals surface area contributed by atoms with Gasteiger partial charge in [-0.2, -0.15) is 4.99 Å². The second-order valence-corrected chi connectivity index (χ2v) is 8.10. The van der Waals surface area contributed by atoms with Crippen LogP contribution in [0.2, 0.25) is 0 Å². The zero-order valence-electron chi connectivity index (χ0n) is 20.3. The molecule has 0 aliphatic heterocycles. The quantitative estimate of drug-likeness (QED) is 0.217. The zero-order chi connectivity index (χ0) is 25.9. The molecule has 0 saturated heterocycles. The van der Waals surface area contributed by atoms with Crippen LogP contribution in [0.1, 0.15) is 16.7 Å². The SMILES string of the molecule is NC(N)=NC(N)=Nc1cc(OCc2ccccc2)c(OCc2ccccc2)c(OCc2ccccc2)c1. The van der Waals surface area contributed by atoms with Gasteiger partial charge in [0.1, 0.15) is 19.8 Å². The Balaban J connectivity index is 1.71. The Hall–Kier alpha value is -4.98. The van der Waals surface area contributed by atoms with Crippen LogP contribution in [0.5, 0.6) is 17.2 Å². The highest BCUT2D eigenvalue weighted by molar-refractivity contribution is 5.93. The Morgan fingerprint density at radius 3 is 1.38 bits per heavy atom. The van der Waals surface area contributed by atoms with Crippen molar-refractivity contribution in [3.8, 4) is 17.2 Å². The lowest BCUT2D eigenvalue weighted by Crippen LogP contribution is -2.26. The summed E-state index contributed by atoms with van der Waals surface area (Å²) in [4.78, 5) is 8.13. The molecule has 0 aliphatic carbocycles. The van der Waals surface area contributed by atoms with E-state index in [0.717, 1.165) is 16.7 Å². The van der Waals surface area contributed by atoms with E-state index in [1.54, 1.807) is 12.1 Å². The predicted molar refractivity (Wildman–Crippen MR) is 146 cm³/mol. The van der Waals surface area contributed by atoms with E-state index < -0.39 is 0 Å². The Labute approximate surface area is 216 Å². The number of hydrogen-bond donors (Lipinski definition) is 3. The number of rotatable bonds is 10. The molecule has 0 radical (unpaired) electrons. The molecule has 0 saturated carbocycles. The molecule has 0 bridgehead atoms. The number of nitrogens with zero attached hydrogens (tertiary/aromatic N) is 2. The molecule has 8 nitrogen and oxygen atoms in total. The number of hydrogen-bond acceptors (Lipinski definition) is 4. The molecule has 0 fully saturated rings. The van der Waals surface area contributed by atoms with Crippen LogP contribution in [0.4, 0.5) is 5.69 Å². The first-order chi connectivity index (χ1) is 18.1. The minimum absolute atomic E-state index is 0.0963. The number of guanidine groups is 2. The van der Waals surface area contributed by atoms with Gasteiger partial charge in [0.05, 0.1) is 5.69 Å². The second-order valence-electron chi connectivity index (χ2n) is 8.10. The van der Waals surface area contributed by atoms with Crippen molar-refractivity contribution in [1.82, 2.24) is 0 Å². The fraction of sp³-hybridized carbons (Fsp3) is 0.103. The van der Waals surface area contributed by atoms with E-state index in [2.05, 4.69) is 9.98 Å². The molecule has 4 rings (SSSR count). The van der Waals surface area contributed by atoms with Crippen LogP contribution in [0, 0.1) is 0 Å². The molecule has 6 N–H and O–H groups in total. The summed E-state index contributed by atoms with van der Waals surface area (Å²) in [5.41, 5.74) is 20.2. The van der Waals surface area contributed by atoms with Gasteiger partial charge in [-0.25, -0.2) is 4.99 Å². The number of ether oxygens (including phenoxy) is 3. The van der Waals surface area contributed by atoms with Gasteiger partial charge in [0.15, 0.2) is 17.5 Å². The maximum Gasteiger partial charge on any atom is 0.223 e. The number of nitrogens with two attached hydrogens (primary N) is 3. The van der Waals surface area contributed by atoms with Gasteiger partial charge in [-0.05, 0) is 16.7 Å². The van der Waals surface area contributed by atoms with Gasteiger partial charge in [-0.1, -0.05) is 91.0 Å². The van der Waals surface area contributed by atoms with Crippen molar-refractivity contribution >= 4 is 17.6 Å². The average molecular weight is 496 g/mol. The van der Waals surface area contributed by atoms with Crippen molar-refractivity contribution in [2.24, 2.45) is 27.2 Å². The Bertz CT molecular complexity index is 1280. The van der Waals surface area contributed by atoms with Crippen molar-refractivity contribution in [2.45, 2.75) is 19.8 Å². The molecule has 4 aromatic rings. The van der Waals surface area contributed by atoms with Crippen LogP contribution in [-0.2, 0) is 19.8 Å². The van der Waals surface area contributed by atoms with Gasteiger partial charge in [0.2, 0.25) is 11.7 Å². The van der Waals surface area contributed by atoms with Gasteiger partial charge in [0.25, 0.3) is 0 Å². The fourth-order valence-corrected chi connectivity index (χ4v) is 3.47. The molecule has 0 aromatic heterocycles. The minimum atomic E-state index is -0.190. The van der Waals surface area contributed by atoms with Gasteiger partial charge >= 0.3 is 0 Å². The predicted octanol–water partition coefficient (Wildman–Crippen LogP) is 4.64. The van der Waals surface area contributed by atoms with Crippen LogP contribution < -0.4 is 31.4 Å². The van der Waals surface area contributed by atoms with E-state index in [9.17, 15) is 0 Å². The van der Waals surface area contributed by atoms with Gasteiger partial charge in [0, 0.05) is 12.1 Å². The van der Waals surface area contributed by atoms with Crippen LogP contribution in [-0.4, -0.2) is 11.9 Å². The number of benzene rings is 4. The topological polar surface area (TPSA) is 130 Å². The molecule has 0 amide bonds. The molecule has 8 heteroatoms. The maximum atomic E-state index is 6.26. The largest absolute Gasteiger partial charge is 0.485 e. The molecular weight excluding hydrogens is 466 g/mol. The highest BCUT2D eigenvalue weighted by Crippen LogP contribution is 2.42. The summed E-state index contributed by atoms with van der Waals surface area (Å²) < 4.78 is 18.7. The maximum absolute atomic E-state index is 6.26. The second kappa shape index (κ2) is 12.6. The van der Waals surface area contributed by atoms with Crippen LogP contribution in [0.25, 0.3) is 0 Å². The molecule has 0 aliphatic rings. The molecular formula is C29H29N5O3. The molecule has 0 spiro atoms. The molecule has 37 heavy (non-hydrogen) atoms. The summed E-state index contributed by atoms with van der Waals surface area (Å²) >= 11 is 0. The van der Waals surface area contributed by atoms with E-state index in [1.165, 1.54) is 0 Å². The van der Waals surface area contributed by atoms with Crippen LogP contribution in [0.15, 0.2) is 113 Å². The van der Waals surface area contributed by atoms with Crippen molar-refractivity contribution in [2.75, 3.05) is 0 Å². The Morgan fingerprint density at radius 1 is 0.568 bits per heavy atom. The lowest BCUT2D eigenvalue weighted by molar-refractivity contribution is 0.230. The third kappa shape index (κ3) is 7.76.